The molecule has 1 nitrogen and oxygen atoms in total. The van der Waals surface area contributed by atoms with E-state index in [0.29, 0.717) is 0 Å². The maximum Gasteiger partial charge on any atom is 0.130 e. The van der Waals surface area contributed by atoms with Gasteiger partial charge in [-0.05, 0) is 5.56 Å². The molecule has 1 heteroatoms. The van der Waals surface area contributed by atoms with Crippen molar-refractivity contribution in [3.05, 3.63) is 48.2 Å². The smallest absolute Gasteiger partial charge is 0.130 e. The Morgan fingerprint density at radius 1 is 1.27 bits per heavy atom. The van der Waals surface area contributed by atoms with Crippen LogP contribution in [0.4, 0.5) is 0 Å². The highest BCUT2D eigenvalue weighted by Gasteiger charge is 2.23. The summed E-state index contributed by atoms with van der Waals surface area (Å²) in [6.45, 7) is 3.71. The van der Waals surface area contributed by atoms with Crippen molar-refractivity contribution >= 4 is 0 Å². The van der Waals surface area contributed by atoms with Gasteiger partial charge in [0.05, 0.1) is 5.76 Å². The Bertz CT molecular complexity index is 255. The molecule has 1 aliphatic rings. The topological polar surface area (TPSA) is 9.23 Å². The third-order valence-electron chi connectivity index (χ3n) is 1.89. The Morgan fingerprint density at radius 2 is 1.91 bits per heavy atom. The van der Waals surface area contributed by atoms with Gasteiger partial charge in [0.1, 0.15) is 6.10 Å². The van der Waals surface area contributed by atoms with Crippen LogP contribution >= 0.6 is 0 Å². The van der Waals surface area contributed by atoms with E-state index in [2.05, 4.69) is 18.7 Å². The average Bonchev–Trinajstić information content (AvgIpc) is 2.01. The van der Waals surface area contributed by atoms with Gasteiger partial charge in [-0.2, -0.15) is 0 Å². The van der Waals surface area contributed by atoms with Crippen molar-refractivity contribution < 1.29 is 4.74 Å². The highest BCUT2D eigenvalue weighted by molar-refractivity contribution is 5.21. The fourth-order valence-electron chi connectivity index (χ4n) is 1.25. The second-order valence-electron chi connectivity index (χ2n) is 2.76. The molecule has 1 fully saturated rings. The Kier molecular flexibility index (Phi) is 1.42. The summed E-state index contributed by atoms with van der Waals surface area (Å²) >= 11 is 0. The van der Waals surface area contributed by atoms with Crippen LogP contribution in [-0.4, -0.2) is 0 Å². The zero-order chi connectivity index (χ0) is 7.68. The maximum absolute atomic E-state index is 5.33. The van der Waals surface area contributed by atoms with Crippen molar-refractivity contribution in [3.63, 3.8) is 0 Å². The van der Waals surface area contributed by atoms with Crippen molar-refractivity contribution in [2.75, 3.05) is 0 Å². The van der Waals surface area contributed by atoms with E-state index in [9.17, 15) is 0 Å². The molecule has 0 aliphatic carbocycles. The van der Waals surface area contributed by atoms with Crippen molar-refractivity contribution in [1.82, 2.24) is 0 Å². The predicted octanol–water partition coefficient (Wildman–Crippen LogP) is 2.66. The molecule has 1 aromatic rings. The SMILES string of the molecule is C=C1CC(c2ccccc2)O1. The molecule has 0 aromatic heterocycles. The van der Waals surface area contributed by atoms with Gasteiger partial charge >= 0.3 is 0 Å². The molecule has 1 aliphatic heterocycles. The normalized spacial score (nSPS) is 22.2. The molecule has 1 unspecified atom stereocenters. The average molecular weight is 146 g/mol. The molecule has 0 radical (unpaired) electrons. The Hall–Kier alpha value is -1.24. The van der Waals surface area contributed by atoms with Crippen LogP contribution in [0.25, 0.3) is 0 Å². The number of hydrogen-bond donors (Lipinski definition) is 0. The van der Waals surface area contributed by atoms with E-state index in [4.69, 9.17) is 4.74 Å². The van der Waals surface area contributed by atoms with Crippen molar-refractivity contribution in [3.8, 4) is 0 Å². The molecular weight excluding hydrogens is 136 g/mol. The lowest BCUT2D eigenvalue weighted by Crippen LogP contribution is -2.15. The maximum atomic E-state index is 5.33. The highest BCUT2D eigenvalue weighted by atomic mass is 16.5. The summed E-state index contributed by atoms with van der Waals surface area (Å²) in [5.41, 5.74) is 1.25. The van der Waals surface area contributed by atoms with Crippen LogP contribution in [0.3, 0.4) is 0 Å². The number of ether oxygens (including phenoxy) is 1. The van der Waals surface area contributed by atoms with E-state index < -0.39 is 0 Å². The van der Waals surface area contributed by atoms with Gasteiger partial charge in [-0.25, -0.2) is 0 Å². The first-order valence-electron chi connectivity index (χ1n) is 3.75. The summed E-state index contributed by atoms with van der Waals surface area (Å²) in [4.78, 5) is 0. The molecule has 11 heavy (non-hydrogen) atoms. The first-order valence-corrected chi connectivity index (χ1v) is 3.75. The second-order valence-corrected chi connectivity index (χ2v) is 2.76. The van der Waals surface area contributed by atoms with Gasteiger partial charge in [-0.1, -0.05) is 36.9 Å². The number of benzene rings is 1. The van der Waals surface area contributed by atoms with Gasteiger partial charge in [0.2, 0.25) is 0 Å². The van der Waals surface area contributed by atoms with E-state index in [0.717, 1.165) is 12.2 Å². The van der Waals surface area contributed by atoms with Gasteiger partial charge in [-0.15, -0.1) is 0 Å². The molecule has 2 rings (SSSR count). The molecule has 1 atom stereocenters. The lowest BCUT2D eigenvalue weighted by molar-refractivity contribution is 0.0204. The third kappa shape index (κ3) is 1.14. The molecule has 1 aromatic carbocycles. The van der Waals surface area contributed by atoms with E-state index in [1.807, 2.05) is 18.2 Å². The molecule has 1 heterocycles. The molecule has 0 spiro atoms. The van der Waals surface area contributed by atoms with Crippen LogP contribution in [0.5, 0.6) is 0 Å². The minimum atomic E-state index is 0.267. The summed E-state index contributed by atoms with van der Waals surface area (Å²) in [5.74, 6) is 0.902. The largest absolute Gasteiger partial charge is 0.490 e. The lowest BCUT2D eigenvalue weighted by atomic mass is 10.0. The zero-order valence-electron chi connectivity index (χ0n) is 6.29. The molecule has 1 saturated heterocycles. The Balaban J connectivity index is 2.13. The van der Waals surface area contributed by atoms with Gasteiger partial charge < -0.3 is 4.74 Å². The third-order valence-corrected chi connectivity index (χ3v) is 1.89. The first-order chi connectivity index (χ1) is 5.36. The fourth-order valence-corrected chi connectivity index (χ4v) is 1.25. The Morgan fingerprint density at radius 3 is 2.45 bits per heavy atom. The highest BCUT2D eigenvalue weighted by Crippen LogP contribution is 2.36. The molecule has 56 valence electrons. The van der Waals surface area contributed by atoms with Crippen LogP contribution in [0.1, 0.15) is 18.1 Å². The van der Waals surface area contributed by atoms with Crippen LogP contribution in [-0.2, 0) is 4.74 Å². The van der Waals surface area contributed by atoms with Gasteiger partial charge in [0.25, 0.3) is 0 Å². The lowest BCUT2D eigenvalue weighted by Gasteiger charge is -2.30. The van der Waals surface area contributed by atoms with Crippen molar-refractivity contribution in [2.24, 2.45) is 0 Å². The standard InChI is InChI=1S/C10H10O/c1-8-7-10(11-8)9-5-3-2-4-6-9/h2-6,10H,1,7H2. The second kappa shape index (κ2) is 2.42. The van der Waals surface area contributed by atoms with Gasteiger partial charge in [-0.3, -0.25) is 0 Å². The van der Waals surface area contributed by atoms with Crippen molar-refractivity contribution in [2.45, 2.75) is 12.5 Å². The zero-order valence-corrected chi connectivity index (χ0v) is 6.29. The Labute approximate surface area is 66.3 Å². The van der Waals surface area contributed by atoms with E-state index >= 15 is 0 Å². The predicted molar refractivity (Wildman–Crippen MR) is 44.0 cm³/mol. The van der Waals surface area contributed by atoms with Crippen LogP contribution in [0, 0.1) is 0 Å². The van der Waals surface area contributed by atoms with Crippen molar-refractivity contribution in [1.29, 1.82) is 0 Å². The van der Waals surface area contributed by atoms with Crippen LogP contribution in [0.2, 0.25) is 0 Å². The molecule has 0 saturated carbocycles. The molecule has 0 bridgehead atoms. The number of rotatable bonds is 1. The number of hydrogen-bond acceptors (Lipinski definition) is 1. The first kappa shape index (κ1) is 6.47. The van der Waals surface area contributed by atoms with Gasteiger partial charge in [0, 0.05) is 6.42 Å². The van der Waals surface area contributed by atoms with Crippen LogP contribution < -0.4 is 0 Å². The molecule has 0 amide bonds. The molecular formula is C10H10O. The summed E-state index contributed by atoms with van der Waals surface area (Å²) in [5, 5.41) is 0. The quantitative estimate of drug-likeness (QED) is 0.591. The summed E-state index contributed by atoms with van der Waals surface area (Å²) < 4.78 is 5.33. The van der Waals surface area contributed by atoms with Crippen LogP contribution in [0.15, 0.2) is 42.7 Å². The monoisotopic (exact) mass is 146 g/mol. The van der Waals surface area contributed by atoms with E-state index in [1.165, 1.54) is 5.56 Å². The summed E-state index contributed by atoms with van der Waals surface area (Å²) in [6.07, 6.45) is 1.24. The molecule has 0 N–H and O–H groups in total. The minimum Gasteiger partial charge on any atom is -0.490 e. The fraction of sp³-hybridized carbons (Fsp3) is 0.200. The van der Waals surface area contributed by atoms with E-state index in [1.54, 1.807) is 0 Å². The summed E-state index contributed by atoms with van der Waals surface area (Å²) in [7, 11) is 0. The van der Waals surface area contributed by atoms with Gasteiger partial charge in [0.15, 0.2) is 0 Å². The summed E-state index contributed by atoms with van der Waals surface area (Å²) in [6, 6.07) is 10.2. The van der Waals surface area contributed by atoms with E-state index in [-0.39, 0.29) is 6.10 Å². The minimum absolute atomic E-state index is 0.267.